The number of nitrogens with zero attached hydrogens (tertiary/aromatic N) is 1. The summed E-state index contributed by atoms with van der Waals surface area (Å²) in [6.07, 6.45) is 4.69. The van der Waals surface area contributed by atoms with Gasteiger partial charge in [0.25, 0.3) is 5.91 Å². The number of rotatable bonds is 2. The van der Waals surface area contributed by atoms with E-state index in [1.54, 1.807) is 0 Å². The number of amides is 1. The molecule has 0 bridgehead atoms. The molecule has 0 unspecified atom stereocenters. The minimum atomic E-state index is 0.0787. The first-order valence-corrected chi connectivity index (χ1v) is 7.96. The minimum Gasteiger partial charge on any atom is -0.397 e. The van der Waals surface area contributed by atoms with Crippen LogP contribution in [0.5, 0.6) is 0 Å². The van der Waals surface area contributed by atoms with E-state index in [0.29, 0.717) is 16.6 Å². The van der Waals surface area contributed by atoms with Gasteiger partial charge in [0.05, 0.1) is 5.69 Å². The molecule has 1 heterocycles. The molecule has 4 heteroatoms. The van der Waals surface area contributed by atoms with Crippen LogP contribution in [0, 0.1) is 6.92 Å². The molecular weight excluding hydrogens is 268 g/mol. The van der Waals surface area contributed by atoms with Crippen LogP contribution in [0.4, 0.5) is 5.69 Å². The lowest BCUT2D eigenvalue weighted by Crippen LogP contribution is -2.35. The van der Waals surface area contributed by atoms with Gasteiger partial charge in [-0.05, 0) is 25.3 Å². The number of anilines is 1. The van der Waals surface area contributed by atoms with Gasteiger partial charge >= 0.3 is 0 Å². The lowest BCUT2D eigenvalue weighted by atomic mass is 10.1. The second kappa shape index (κ2) is 5.09. The van der Waals surface area contributed by atoms with Crippen LogP contribution in [-0.4, -0.2) is 23.9 Å². The normalized spacial score (nSPS) is 15.9. The Labute approximate surface area is 123 Å². The van der Waals surface area contributed by atoms with Gasteiger partial charge in [0.2, 0.25) is 0 Å². The zero-order valence-corrected chi connectivity index (χ0v) is 12.8. The molecule has 3 nitrogen and oxygen atoms in total. The zero-order valence-electron chi connectivity index (χ0n) is 12.0. The van der Waals surface area contributed by atoms with Crippen LogP contribution in [0.3, 0.4) is 0 Å². The number of aryl methyl sites for hydroxylation is 1. The summed E-state index contributed by atoms with van der Waals surface area (Å²) in [4.78, 5) is 15.3. The third kappa shape index (κ3) is 2.08. The number of carbonyl (C=O) groups is 1. The smallest absolute Gasteiger partial charge is 0.266 e. The van der Waals surface area contributed by atoms with Gasteiger partial charge in [0.15, 0.2) is 0 Å². The maximum absolute atomic E-state index is 12.7. The van der Waals surface area contributed by atoms with E-state index < -0.39 is 0 Å². The zero-order chi connectivity index (χ0) is 14.3. The third-order valence-corrected chi connectivity index (χ3v) is 5.68. The molecule has 1 aliphatic carbocycles. The molecule has 1 aliphatic rings. The van der Waals surface area contributed by atoms with E-state index in [1.807, 2.05) is 24.1 Å². The van der Waals surface area contributed by atoms with Crippen molar-refractivity contribution in [2.24, 2.45) is 0 Å². The van der Waals surface area contributed by atoms with Crippen molar-refractivity contribution in [1.29, 1.82) is 0 Å². The average Bonchev–Trinajstić information content (AvgIpc) is 3.07. The first kappa shape index (κ1) is 13.4. The predicted molar refractivity (Wildman–Crippen MR) is 85.3 cm³/mol. The van der Waals surface area contributed by atoms with Crippen molar-refractivity contribution in [2.45, 2.75) is 38.6 Å². The summed E-state index contributed by atoms with van der Waals surface area (Å²) >= 11 is 1.53. The van der Waals surface area contributed by atoms with Crippen molar-refractivity contribution in [3.8, 4) is 0 Å². The van der Waals surface area contributed by atoms with Crippen molar-refractivity contribution in [1.82, 2.24) is 4.90 Å². The number of thiophene rings is 1. The van der Waals surface area contributed by atoms with E-state index in [0.717, 1.165) is 22.9 Å². The summed E-state index contributed by atoms with van der Waals surface area (Å²) < 4.78 is 1.13. The minimum absolute atomic E-state index is 0.0787. The Morgan fingerprint density at radius 1 is 1.35 bits per heavy atom. The van der Waals surface area contributed by atoms with Crippen LogP contribution < -0.4 is 5.73 Å². The number of nitrogen functional groups attached to an aromatic ring is 1. The molecule has 1 amide bonds. The molecule has 106 valence electrons. The fourth-order valence-electron chi connectivity index (χ4n) is 3.06. The van der Waals surface area contributed by atoms with Crippen molar-refractivity contribution in [2.75, 3.05) is 12.8 Å². The maximum atomic E-state index is 12.7. The topological polar surface area (TPSA) is 46.3 Å². The van der Waals surface area contributed by atoms with E-state index >= 15 is 0 Å². The average molecular weight is 288 g/mol. The molecule has 3 rings (SSSR count). The number of carbonyl (C=O) groups excluding carboxylic acids is 1. The quantitative estimate of drug-likeness (QED) is 0.913. The Morgan fingerprint density at radius 2 is 2.05 bits per heavy atom. The van der Waals surface area contributed by atoms with Gasteiger partial charge in [-0.25, -0.2) is 0 Å². The van der Waals surface area contributed by atoms with Gasteiger partial charge in [0.1, 0.15) is 4.88 Å². The first-order chi connectivity index (χ1) is 9.59. The van der Waals surface area contributed by atoms with E-state index in [1.165, 1.54) is 29.7 Å². The van der Waals surface area contributed by atoms with Crippen LogP contribution >= 0.6 is 11.3 Å². The second-order valence-electron chi connectivity index (χ2n) is 5.65. The van der Waals surface area contributed by atoms with E-state index in [2.05, 4.69) is 13.0 Å². The van der Waals surface area contributed by atoms with Crippen LogP contribution in [0.25, 0.3) is 10.1 Å². The summed E-state index contributed by atoms with van der Waals surface area (Å²) in [7, 11) is 1.91. The number of hydrogen-bond acceptors (Lipinski definition) is 3. The number of hydrogen-bond donors (Lipinski definition) is 1. The number of fused-ring (bicyclic) bond motifs is 1. The number of nitrogens with two attached hydrogens (primary N) is 1. The molecule has 2 N–H and O–H groups in total. The fourth-order valence-corrected chi connectivity index (χ4v) is 4.23. The summed E-state index contributed by atoms with van der Waals surface area (Å²) in [6, 6.07) is 6.44. The maximum Gasteiger partial charge on any atom is 0.266 e. The standard InChI is InChI=1S/C16H20N2OS/c1-10-6-5-9-12-13(17)15(20-14(10)12)16(19)18(2)11-7-3-4-8-11/h5-6,9,11H,3-4,7-8,17H2,1-2H3. The van der Waals surface area contributed by atoms with Gasteiger partial charge in [-0.1, -0.05) is 31.0 Å². The summed E-state index contributed by atoms with van der Waals surface area (Å²) in [5, 5.41) is 1.01. The SMILES string of the molecule is Cc1cccc2c(N)c(C(=O)N(C)C3CCCC3)sc12. The van der Waals surface area contributed by atoms with Gasteiger partial charge in [0, 0.05) is 23.2 Å². The highest BCUT2D eigenvalue weighted by molar-refractivity contribution is 7.21. The molecule has 0 spiro atoms. The highest BCUT2D eigenvalue weighted by atomic mass is 32.1. The molecule has 2 aromatic rings. The van der Waals surface area contributed by atoms with Crippen molar-refractivity contribution >= 4 is 33.0 Å². The second-order valence-corrected chi connectivity index (χ2v) is 6.67. The Hall–Kier alpha value is -1.55. The highest BCUT2D eigenvalue weighted by Gasteiger charge is 2.27. The molecule has 1 fully saturated rings. The Kier molecular flexibility index (Phi) is 3.42. The molecule has 0 atom stereocenters. The van der Waals surface area contributed by atoms with Crippen molar-refractivity contribution < 1.29 is 4.79 Å². The van der Waals surface area contributed by atoms with E-state index in [-0.39, 0.29) is 5.91 Å². The van der Waals surface area contributed by atoms with E-state index in [9.17, 15) is 4.79 Å². The monoisotopic (exact) mass is 288 g/mol. The fraction of sp³-hybridized carbons (Fsp3) is 0.438. The number of benzene rings is 1. The lowest BCUT2D eigenvalue weighted by molar-refractivity contribution is 0.0741. The van der Waals surface area contributed by atoms with Gasteiger partial charge in [-0.15, -0.1) is 11.3 Å². The highest BCUT2D eigenvalue weighted by Crippen LogP contribution is 2.37. The van der Waals surface area contributed by atoms with Crippen LogP contribution in [0.1, 0.15) is 40.9 Å². The van der Waals surface area contributed by atoms with Crippen molar-refractivity contribution in [3.63, 3.8) is 0 Å². The molecule has 0 saturated heterocycles. The molecule has 1 aromatic carbocycles. The lowest BCUT2D eigenvalue weighted by Gasteiger charge is -2.23. The Morgan fingerprint density at radius 3 is 2.70 bits per heavy atom. The largest absolute Gasteiger partial charge is 0.397 e. The van der Waals surface area contributed by atoms with E-state index in [4.69, 9.17) is 5.73 Å². The third-order valence-electron chi connectivity index (χ3n) is 4.34. The molecule has 1 saturated carbocycles. The van der Waals surface area contributed by atoms with Crippen LogP contribution in [-0.2, 0) is 0 Å². The van der Waals surface area contributed by atoms with Gasteiger partial charge < -0.3 is 10.6 Å². The molecular formula is C16H20N2OS. The van der Waals surface area contributed by atoms with Gasteiger partial charge in [-0.2, -0.15) is 0 Å². The molecule has 0 aliphatic heterocycles. The Bertz CT molecular complexity index is 656. The Balaban J connectivity index is 1.99. The predicted octanol–water partition coefficient (Wildman–Crippen LogP) is 3.81. The summed E-state index contributed by atoms with van der Waals surface area (Å²) in [5.74, 6) is 0.0787. The first-order valence-electron chi connectivity index (χ1n) is 7.14. The molecule has 0 radical (unpaired) electrons. The van der Waals surface area contributed by atoms with Crippen LogP contribution in [0.15, 0.2) is 18.2 Å². The van der Waals surface area contributed by atoms with Crippen LogP contribution in [0.2, 0.25) is 0 Å². The summed E-state index contributed by atoms with van der Waals surface area (Å²) in [5.41, 5.74) is 8.03. The van der Waals surface area contributed by atoms with Crippen molar-refractivity contribution in [3.05, 3.63) is 28.6 Å². The molecule has 20 heavy (non-hydrogen) atoms. The van der Waals surface area contributed by atoms with Gasteiger partial charge in [-0.3, -0.25) is 4.79 Å². The molecule has 1 aromatic heterocycles. The summed E-state index contributed by atoms with van der Waals surface area (Å²) in [6.45, 7) is 2.06.